The van der Waals surface area contributed by atoms with Crippen LogP contribution in [0, 0.1) is 13.8 Å². The summed E-state index contributed by atoms with van der Waals surface area (Å²) in [5, 5.41) is 0.744. The van der Waals surface area contributed by atoms with E-state index in [0.29, 0.717) is 5.75 Å². The third-order valence-electron chi connectivity index (χ3n) is 4.18. The van der Waals surface area contributed by atoms with Crippen molar-refractivity contribution in [1.82, 2.24) is 0 Å². The Morgan fingerprint density at radius 3 is 2.65 bits per heavy atom. The smallest absolute Gasteiger partial charge is 0.264 e. The highest BCUT2D eigenvalue weighted by Crippen LogP contribution is 2.28. The van der Waals surface area contributed by atoms with Gasteiger partial charge in [0, 0.05) is 17.3 Å². The molecule has 0 radical (unpaired) electrons. The van der Waals surface area contributed by atoms with Crippen LogP contribution in [0.2, 0.25) is 5.02 Å². The van der Waals surface area contributed by atoms with Crippen molar-refractivity contribution < 1.29 is 9.53 Å². The Morgan fingerprint density at radius 2 is 1.91 bits per heavy atom. The number of anilines is 1. The predicted molar refractivity (Wildman–Crippen MR) is 93.5 cm³/mol. The van der Waals surface area contributed by atoms with E-state index in [9.17, 15) is 4.79 Å². The van der Waals surface area contributed by atoms with Crippen LogP contribution < -0.4 is 9.64 Å². The zero-order valence-electron chi connectivity index (χ0n) is 13.4. The molecule has 1 amide bonds. The minimum atomic E-state index is -0.0117. The van der Waals surface area contributed by atoms with E-state index in [1.165, 1.54) is 5.56 Å². The largest absolute Gasteiger partial charge is 0.484 e. The summed E-state index contributed by atoms with van der Waals surface area (Å²) < 4.78 is 5.70. The van der Waals surface area contributed by atoms with E-state index < -0.39 is 0 Å². The lowest BCUT2D eigenvalue weighted by atomic mass is 10.0. The van der Waals surface area contributed by atoms with E-state index in [0.717, 1.165) is 41.2 Å². The number of halogens is 1. The van der Waals surface area contributed by atoms with Gasteiger partial charge >= 0.3 is 0 Å². The molecule has 0 fully saturated rings. The molecule has 0 unspecified atom stereocenters. The molecule has 4 heteroatoms. The van der Waals surface area contributed by atoms with Gasteiger partial charge in [-0.3, -0.25) is 4.79 Å². The van der Waals surface area contributed by atoms with E-state index in [1.54, 1.807) is 0 Å². The van der Waals surface area contributed by atoms with Crippen molar-refractivity contribution in [3.63, 3.8) is 0 Å². The Bertz CT molecular complexity index is 719. The van der Waals surface area contributed by atoms with Crippen LogP contribution in [0.5, 0.6) is 5.75 Å². The molecule has 0 aliphatic carbocycles. The van der Waals surface area contributed by atoms with E-state index >= 15 is 0 Å². The maximum absolute atomic E-state index is 12.5. The van der Waals surface area contributed by atoms with E-state index in [1.807, 2.05) is 49.1 Å². The first-order valence-corrected chi connectivity index (χ1v) is 8.22. The topological polar surface area (TPSA) is 29.5 Å². The molecule has 1 aliphatic heterocycles. The molecule has 120 valence electrons. The lowest BCUT2D eigenvalue weighted by molar-refractivity contribution is -0.120. The number of amides is 1. The average Bonchev–Trinajstić information content (AvgIpc) is 2.57. The number of para-hydroxylation sites is 1. The monoisotopic (exact) mass is 329 g/mol. The Balaban J connectivity index is 1.71. The summed E-state index contributed by atoms with van der Waals surface area (Å²) in [7, 11) is 0. The summed E-state index contributed by atoms with van der Waals surface area (Å²) in [6, 6.07) is 11.8. The molecule has 2 aromatic carbocycles. The Morgan fingerprint density at radius 1 is 1.22 bits per heavy atom. The van der Waals surface area contributed by atoms with Gasteiger partial charge in [-0.15, -0.1) is 0 Å². The van der Waals surface area contributed by atoms with Crippen molar-refractivity contribution in [2.75, 3.05) is 18.1 Å². The number of hydrogen-bond donors (Lipinski definition) is 0. The van der Waals surface area contributed by atoms with Crippen molar-refractivity contribution >= 4 is 23.2 Å². The number of aryl methyl sites for hydroxylation is 3. The van der Waals surface area contributed by atoms with Crippen molar-refractivity contribution in [1.29, 1.82) is 0 Å². The van der Waals surface area contributed by atoms with Gasteiger partial charge in [-0.1, -0.05) is 29.8 Å². The van der Waals surface area contributed by atoms with Crippen LogP contribution in [0.3, 0.4) is 0 Å². The van der Waals surface area contributed by atoms with E-state index in [4.69, 9.17) is 16.3 Å². The molecule has 0 atom stereocenters. The van der Waals surface area contributed by atoms with Crippen LogP contribution in [0.25, 0.3) is 0 Å². The molecule has 2 aromatic rings. The molecular weight excluding hydrogens is 310 g/mol. The van der Waals surface area contributed by atoms with Crippen LogP contribution in [-0.2, 0) is 11.2 Å². The highest BCUT2D eigenvalue weighted by atomic mass is 35.5. The molecule has 0 saturated carbocycles. The summed E-state index contributed by atoms with van der Waals surface area (Å²) in [6.07, 6.45) is 2.01. The molecule has 0 aromatic heterocycles. The molecular formula is C19H20ClNO2. The molecule has 0 N–H and O–H groups in total. The number of carbonyl (C=O) groups excluding carboxylic acids is 1. The fraction of sp³-hybridized carbons (Fsp3) is 0.316. The van der Waals surface area contributed by atoms with Gasteiger partial charge in [-0.05, 0) is 61.6 Å². The number of rotatable bonds is 3. The second-order valence-electron chi connectivity index (χ2n) is 5.94. The van der Waals surface area contributed by atoms with Crippen LogP contribution >= 0.6 is 11.6 Å². The van der Waals surface area contributed by atoms with Gasteiger partial charge < -0.3 is 9.64 Å². The van der Waals surface area contributed by atoms with Crippen molar-refractivity contribution in [3.8, 4) is 5.75 Å². The van der Waals surface area contributed by atoms with Crippen LogP contribution in [-0.4, -0.2) is 19.1 Å². The highest BCUT2D eigenvalue weighted by Gasteiger charge is 2.22. The van der Waals surface area contributed by atoms with Gasteiger partial charge in [-0.25, -0.2) is 0 Å². The third-order valence-corrected chi connectivity index (χ3v) is 4.78. The number of ether oxygens (including phenoxy) is 1. The standard InChI is InChI=1S/C19H20ClNO2/c1-13-10-16(11-14(2)19(13)20)23-12-18(22)21-9-5-7-15-6-3-4-8-17(15)21/h3-4,6,8,10-11H,5,7,9,12H2,1-2H3. The number of nitrogens with zero attached hydrogens (tertiary/aromatic N) is 1. The summed E-state index contributed by atoms with van der Waals surface area (Å²) in [5.41, 5.74) is 4.15. The molecule has 3 nitrogen and oxygen atoms in total. The van der Waals surface area contributed by atoms with Gasteiger partial charge in [0.05, 0.1) is 0 Å². The zero-order valence-corrected chi connectivity index (χ0v) is 14.2. The molecule has 0 bridgehead atoms. The zero-order chi connectivity index (χ0) is 16.4. The Hall–Kier alpha value is -2.00. The van der Waals surface area contributed by atoms with Crippen molar-refractivity contribution in [3.05, 3.63) is 58.1 Å². The first-order chi connectivity index (χ1) is 11.1. The fourth-order valence-electron chi connectivity index (χ4n) is 3.01. The normalized spacial score (nSPS) is 13.6. The SMILES string of the molecule is Cc1cc(OCC(=O)N2CCCc3ccccc32)cc(C)c1Cl. The molecule has 0 spiro atoms. The minimum absolute atomic E-state index is 0.0117. The Labute approximate surface area is 141 Å². The van der Waals surface area contributed by atoms with E-state index in [2.05, 4.69) is 6.07 Å². The van der Waals surface area contributed by atoms with Crippen LogP contribution in [0.4, 0.5) is 5.69 Å². The molecule has 3 rings (SSSR count). The third kappa shape index (κ3) is 3.35. The van der Waals surface area contributed by atoms with Gasteiger partial charge in [0.25, 0.3) is 5.91 Å². The maximum Gasteiger partial charge on any atom is 0.264 e. The van der Waals surface area contributed by atoms with Crippen LogP contribution in [0.1, 0.15) is 23.1 Å². The average molecular weight is 330 g/mol. The number of benzene rings is 2. The lowest BCUT2D eigenvalue weighted by Gasteiger charge is -2.29. The first kappa shape index (κ1) is 15.9. The predicted octanol–water partition coefficient (Wildman–Crippen LogP) is 4.32. The Kier molecular flexibility index (Phi) is 4.58. The van der Waals surface area contributed by atoms with Crippen molar-refractivity contribution in [2.45, 2.75) is 26.7 Å². The molecule has 0 saturated heterocycles. The second kappa shape index (κ2) is 6.63. The lowest BCUT2D eigenvalue weighted by Crippen LogP contribution is -2.38. The first-order valence-electron chi connectivity index (χ1n) is 7.84. The molecule has 1 heterocycles. The fourth-order valence-corrected chi connectivity index (χ4v) is 3.11. The number of fused-ring (bicyclic) bond motifs is 1. The van der Waals surface area contributed by atoms with Gasteiger partial charge in [0.15, 0.2) is 6.61 Å². The summed E-state index contributed by atoms with van der Waals surface area (Å²) in [5.74, 6) is 0.672. The van der Waals surface area contributed by atoms with Gasteiger partial charge in [-0.2, -0.15) is 0 Å². The van der Waals surface area contributed by atoms with Crippen molar-refractivity contribution in [2.24, 2.45) is 0 Å². The highest BCUT2D eigenvalue weighted by molar-refractivity contribution is 6.32. The maximum atomic E-state index is 12.5. The number of hydrogen-bond acceptors (Lipinski definition) is 2. The second-order valence-corrected chi connectivity index (χ2v) is 6.32. The molecule has 1 aliphatic rings. The summed E-state index contributed by atoms with van der Waals surface area (Å²) in [6.45, 7) is 4.66. The number of carbonyl (C=O) groups is 1. The summed E-state index contributed by atoms with van der Waals surface area (Å²) >= 11 is 6.16. The molecule has 23 heavy (non-hydrogen) atoms. The van der Waals surface area contributed by atoms with Gasteiger partial charge in [0.2, 0.25) is 0 Å². The summed E-state index contributed by atoms with van der Waals surface area (Å²) in [4.78, 5) is 14.4. The quantitative estimate of drug-likeness (QED) is 0.839. The van der Waals surface area contributed by atoms with Gasteiger partial charge in [0.1, 0.15) is 5.75 Å². The van der Waals surface area contributed by atoms with E-state index in [-0.39, 0.29) is 12.5 Å². The minimum Gasteiger partial charge on any atom is -0.484 e. The van der Waals surface area contributed by atoms with Crippen LogP contribution in [0.15, 0.2) is 36.4 Å².